The molecule has 0 aliphatic heterocycles. The van der Waals surface area contributed by atoms with E-state index >= 15 is 0 Å². The van der Waals surface area contributed by atoms with Crippen molar-refractivity contribution in [2.24, 2.45) is 4.99 Å². The van der Waals surface area contributed by atoms with Crippen LogP contribution >= 0.6 is 0 Å². The Hall–Kier alpha value is -1.53. The average molecular weight is 269 g/mol. The lowest BCUT2D eigenvalue weighted by Crippen LogP contribution is -2.39. The highest BCUT2D eigenvalue weighted by Gasteiger charge is 1.98. The predicted molar refractivity (Wildman–Crippen MR) is 74.5 cm³/mol. The van der Waals surface area contributed by atoms with Gasteiger partial charge in [-0.15, -0.1) is 0 Å². The van der Waals surface area contributed by atoms with Crippen LogP contribution in [0.1, 0.15) is 5.76 Å². The van der Waals surface area contributed by atoms with Crippen LogP contribution < -0.4 is 10.6 Å². The molecule has 0 aromatic carbocycles. The van der Waals surface area contributed by atoms with E-state index in [1.54, 1.807) is 20.4 Å². The van der Waals surface area contributed by atoms with Gasteiger partial charge in [0.2, 0.25) is 0 Å². The van der Waals surface area contributed by atoms with E-state index in [9.17, 15) is 0 Å². The molecule has 6 heteroatoms. The van der Waals surface area contributed by atoms with Crippen LogP contribution in [-0.2, 0) is 15.9 Å². The Morgan fingerprint density at radius 2 is 2.11 bits per heavy atom. The van der Waals surface area contributed by atoms with E-state index in [4.69, 9.17) is 13.9 Å². The summed E-state index contributed by atoms with van der Waals surface area (Å²) in [5, 5.41) is 6.38. The van der Waals surface area contributed by atoms with Gasteiger partial charge in [-0.25, -0.2) is 0 Å². The van der Waals surface area contributed by atoms with Gasteiger partial charge in [-0.2, -0.15) is 0 Å². The SMILES string of the molecule is CN=C(NCCOCCOC)NCCc1ccco1. The average Bonchev–Trinajstić information content (AvgIpc) is 2.93. The van der Waals surface area contributed by atoms with Crippen LogP contribution in [0.25, 0.3) is 0 Å². The van der Waals surface area contributed by atoms with Crippen molar-refractivity contribution in [3.8, 4) is 0 Å². The molecule has 0 saturated carbocycles. The van der Waals surface area contributed by atoms with Gasteiger partial charge in [0.25, 0.3) is 0 Å². The zero-order valence-electron chi connectivity index (χ0n) is 11.6. The van der Waals surface area contributed by atoms with Crippen LogP contribution in [0.4, 0.5) is 0 Å². The molecule has 19 heavy (non-hydrogen) atoms. The molecule has 0 saturated heterocycles. The fourth-order valence-electron chi connectivity index (χ4n) is 1.47. The van der Waals surface area contributed by atoms with Crippen molar-refractivity contribution >= 4 is 5.96 Å². The predicted octanol–water partition coefficient (Wildman–Crippen LogP) is 0.650. The summed E-state index contributed by atoms with van der Waals surface area (Å²) in [7, 11) is 3.40. The third-order valence-corrected chi connectivity index (χ3v) is 2.44. The van der Waals surface area contributed by atoms with Crippen molar-refractivity contribution in [2.75, 3.05) is 47.1 Å². The van der Waals surface area contributed by atoms with Crippen molar-refractivity contribution in [3.05, 3.63) is 24.2 Å². The topological polar surface area (TPSA) is 68.0 Å². The third-order valence-electron chi connectivity index (χ3n) is 2.44. The fraction of sp³-hybridized carbons (Fsp3) is 0.615. The lowest BCUT2D eigenvalue weighted by molar-refractivity contribution is 0.0733. The van der Waals surface area contributed by atoms with E-state index in [0.717, 1.165) is 24.7 Å². The highest BCUT2D eigenvalue weighted by Crippen LogP contribution is 1.99. The minimum atomic E-state index is 0.614. The number of guanidine groups is 1. The van der Waals surface area contributed by atoms with E-state index < -0.39 is 0 Å². The van der Waals surface area contributed by atoms with Crippen molar-refractivity contribution in [1.29, 1.82) is 0 Å². The van der Waals surface area contributed by atoms with Gasteiger partial charge in [0.15, 0.2) is 5.96 Å². The molecule has 2 N–H and O–H groups in total. The van der Waals surface area contributed by atoms with Gasteiger partial charge >= 0.3 is 0 Å². The van der Waals surface area contributed by atoms with E-state index in [1.165, 1.54) is 0 Å². The van der Waals surface area contributed by atoms with Gasteiger partial charge in [-0.3, -0.25) is 4.99 Å². The molecule has 0 bridgehead atoms. The molecule has 0 fully saturated rings. The molecule has 1 aromatic heterocycles. The summed E-state index contributed by atoms with van der Waals surface area (Å²) in [5.74, 6) is 1.73. The summed E-state index contributed by atoms with van der Waals surface area (Å²) in [4.78, 5) is 4.12. The maximum Gasteiger partial charge on any atom is 0.191 e. The zero-order valence-corrected chi connectivity index (χ0v) is 11.6. The summed E-state index contributed by atoms with van der Waals surface area (Å²) < 4.78 is 15.5. The summed E-state index contributed by atoms with van der Waals surface area (Å²) in [6.45, 7) is 3.35. The Morgan fingerprint density at radius 1 is 1.26 bits per heavy atom. The molecule has 0 spiro atoms. The second-order valence-corrected chi connectivity index (χ2v) is 3.86. The molecule has 0 amide bonds. The van der Waals surface area contributed by atoms with E-state index in [-0.39, 0.29) is 0 Å². The Kier molecular flexibility index (Phi) is 8.50. The first-order chi connectivity index (χ1) is 9.36. The number of furan rings is 1. The molecule has 0 aliphatic carbocycles. The molecule has 0 radical (unpaired) electrons. The van der Waals surface area contributed by atoms with E-state index in [0.29, 0.717) is 26.4 Å². The third kappa shape index (κ3) is 7.48. The van der Waals surface area contributed by atoms with E-state index in [2.05, 4.69) is 15.6 Å². The lowest BCUT2D eigenvalue weighted by atomic mass is 10.3. The highest BCUT2D eigenvalue weighted by molar-refractivity contribution is 5.79. The van der Waals surface area contributed by atoms with Gasteiger partial charge in [0.1, 0.15) is 5.76 Å². The number of methoxy groups -OCH3 is 1. The van der Waals surface area contributed by atoms with Gasteiger partial charge in [-0.05, 0) is 12.1 Å². The van der Waals surface area contributed by atoms with Gasteiger partial charge in [0.05, 0.1) is 26.1 Å². The number of ether oxygens (including phenoxy) is 2. The van der Waals surface area contributed by atoms with Gasteiger partial charge < -0.3 is 24.5 Å². The largest absolute Gasteiger partial charge is 0.469 e. The zero-order chi connectivity index (χ0) is 13.8. The first-order valence-electron chi connectivity index (χ1n) is 6.40. The quantitative estimate of drug-likeness (QED) is 0.391. The Morgan fingerprint density at radius 3 is 2.79 bits per heavy atom. The van der Waals surface area contributed by atoms with Crippen molar-refractivity contribution in [1.82, 2.24) is 10.6 Å². The number of nitrogens with zero attached hydrogens (tertiary/aromatic N) is 1. The van der Waals surface area contributed by atoms with Crippen LogP contribution in [-0.4, -0.2) is 53.0 Å². The standard InChI is InChI=1S/C13H23N3O3/c1-14-13(16-7-9-18-11-10-17-2)15-6-5-12-4-3-8-19-12/h3-4,8H,5-7,9-11H2,1-2H3,(H2,14,15,16). The molecule has 1 rings (SSSR count). The van der Waals surface area contributed by atoms with Gasteiger partial charge in [0, 0.05) is 33.7 Å². The minimum absolute atomic E-state index is 0.614. The summed E-state index contributed by atoms with van der Waals surface area (Å²) in [6.07, 6.45) is 2.51. The molecule has 0 aliphatic rings. The van der Waals surface area contributed by atoms with Gasteiger partial charge in [-0.1, -0.05) is 0 Å². The number of nitrogens with one attached hydrogen (secondary N) is 2. The van der Waals surface area contributed by atoms with E-state index in [1.807, 2.05) is 12.1 Å². The molecular formula is C13H23N3O3. The Bertz CT molecular complexity index is 339. The molecule has 0 atom stereocenters. The highest BCUT2D eigenvalue weighted by atomic mass is 16.5. The molecule has 0 unspecified atom stereocenters. The van der Waals surface area contributed by atoms with Crippen LogP contribution in [0.15, 0.2) is 27.8 Å². The molecular weight excluding hydrogens is 246 g/mol. The van der Waals surface area contributed by atoms with Crippen LogP contribution in [0.2, 0.25) is 0 Å². The Balaban J connectivity index is 2.03. The number of rotatable bonds is 9. The van der Waals surface area contributed by atoms with Crippen LogP contribution in [0.5, 0.6) is 0 Å². The summed E-state index contributed by atoms with van der Waals surface area (Å²) >= 11 is 0. The molecule has 1 aromatic rings. The number of hydrogen-bond acceptors (Lipinski definition) is 4. The van der Waals surface area contributed by atoms with Crippen molar-refractivity contribution < 1.29 is 13.9 Å². The smallest absolute Gasteiger partial charge is 0.191 e. The van der Waals surface area contributed by atoms with Crippen molar-refractivity contribution in [2.45, 2.75) is 6.42 Å². The normalized spacial score (nSPS) is 11.6. The summed E-state index contributed by atoms with van der Waals surface area (Å²) in [6, 6.07) is 3.85. The first-order valence-corrected chi connectivity index (χ1v) is 6.40. The lowest BCUT2D eigenvalue weighted by Gasteiger charge is -2.11. The first kappa shape index (κ1) is 15.5. The summed E-state index contributed by atoms with van der Waals surface area (Å²) in [5.41, 5.74) is 0. The van der Waals surface area contributed by atoms with Crippen LogP contribution in [0.3, 0.4) is 0 Å². The van der Waals surface area contributed by atoms with Crippen molar-refractivity contribution in [3.63, 3.8) is 0 Å². The maximum atomic E-state index is 5.35. The molecule has 6 nitrogen and oxygen atoms in total. The molecule has 1 heterocycles. The second-order valence-electron chi connectivity index (χ2n) is 3.86. The van der Waals surface area contributed by atoms with Crippen LogP contribution in [0, 0.1) is 0 Å². The maximum absolute atomic E-state index is 5.35. The monoisotopic (exact) mass is 269 g/mol. The Labute approximate surface area is 114 Å². The second kappa shape index (κ2) is 10.4. The number of aliphatic imine (C=N–C) groups is 1. The minimum Gasteiger partial charge on any atom is -0.469 e. The fourth-order valence-corrected chi connectivity index (χ4v) is 1.47. The number of hydrogen-bond donors (Lipinski definition) is 2. The molecule has 108 valence electrons.